The van der Waals surface area contributed by atoms with E-state index in [0.717, 1.165) is 65.9 Å². The Hall–Kier alpha value is -6.08. The summed E-state index contributed by atoms with van der Waals surface area (Å²) in [4.78, 5) is 33.8. The molecule has 55 heavy (non-hydrogen) atoms. The van der Waals surface area contributed by atoms with Crippen molar-refractivity contribution in [3.8, 4) is 33.4 Å². The SMILES string of the molecule is CC1(C)N=c2cccc(N(c3ccc(-c4ccccc4)c4c3=NC(C)(C)N=4)c3ccc(-c4cccc5c4C(C)(C)c4ccccc4-5)c4c3=NC(C)(C)N=4)c2=N1. The minimum Gasteiger partial charge on any atom is -0.304 e. The van der Waals surface area contributed by atoms with Crippen molar-refractivity contribution in [1.82, 2.24) is 0 Å². The molecule has 0 aromatic heterocycles. The minimum atomic E-state index is -0.670. The van der Waals surface area contributed by atoms with E-state index in [1.165, 1.54) is 27.8 Å². The van der Waals surface area contributed by atoms with E-state index in [-0.39, 0.29) is 5.41 Å². The van der Waals surface area contributed by atoms with Crippen molar-refractivity contribution in [3.05, 3.63) is 159 Å². The molecule has 4 aliphatic rings. The first-order valence-electron chi connectivity index (χ1n) is 19.2. The van der Waals surface area contributed by atoms with Crippen LogP contribution in [0.1, 0.15) is 66.5 Å². The van der Waals surface area contributed by atoms with E-state index in [4.69, 9.17) is 30.0 Å². The van der Waals surface area contributed by atoms with Gasteiger partial charge in [0.15, 0.2) is 0 Å². The maximum Gasteiger partial charge on any atom is 0.146 e. The molecule has 0 atom stereocenters. The third-order valence-electron chi connectivity index (χ3n) is 11.3. The van der Waals surface area contributed by atoms with E-state index in [0.29, 0.717) is 0 Å². The number of hydrogen-bond acceptors (Lipinski definition) is 7. The Bertz CT molecular complexity index is 3050. The van der Waals surface area contributed by atoms with Crippen molar-refractivity contribution in [3.63, 3.8) is 0 Å². The van der Waals surface area contributed by atoms with Crippen molar-refractivity contribution in [2.45, 2.75) is 77.8 Å². The number of hydrogen-bond donors (Lipinski definition) is 0. The van der Waals surface area contributed by atoms with Gasteiger partial charge < -0.3 is 4.90 Å². The van der Waals surface area contributed by atoms with E-state index in [2.05, 4.69) is 150 Å². The van der Waals surface area contributed by atoms with Crippen LogP contribution in [0, 0.1) is 0 Å². The van der Waals surface area contributed by atoms with Gasteiger partial charge in [0, 0.05) is 16.5 Å². The third kappa shape index (κ3) is 5.09. The maximum atomic E-state index is 5.40. The lowest BCUT2D eigenvalue weighted by atomic mass is 9.78. The lowest BCUT2D eigenvalue weighted by molar-refractivity contribution is 0.549. The second kappa shape index (κ2) is 11.2. The van der Waals surface area contributed by atoms with Gasteiger partial charge in [0.25, 0.3) is 0 Å². The zero-order chi connectivity index (χ0) is 38.1. The van der Waals surface area contributed by atoms with Gasteiger partial charge in [0.2, 0.25) is 0 Å². The van der Waals surface area contributed by atoms with Crippen LogP contribution >= 0.6 is 0 Å². The van der Waals surface area contributed by atoms with Crippen molar-refractivity contribution in [2.75, 3.05) is 4.90 Å². The quantitative estimate of drug-likeness (QED) is 0.180. The fourth-order valence-corrected chi connectivity index (χ4v) is 9.12. The Balaban J connectivity index is 1.28. The lowest BCUT2D eigenvalue weighted by Crippen LogP contribution is -2.38. The van der Waals surface area contributed by atoms with Crippen LogP contribution in [0.4, 0.5) is 17.1 Å². The molecule has 3 heterocycles. The number of anilines is 3. The molecule has 0 saturated carbocycles. The summed E-state index contributed by atoms with van der Waals surface area (Å²) in [5.74, 6) is 0. The first-order valence-corrected chi connectivity index (χ1v) is 19.2. The average Bonchev–Trinajstić information content (AvgIpc) is 3.84. The molecule has 270 valence electrons. The molecule has 0 saturated heterocycles. The second-order valence-electron chi connectivity index (χ2n) is 17.1. The van der Waals surface area contributed by atoms with Gasteiger partial charge in [-0.1, -0.05) is 92.7 Å². The Morgan fingerprint density at radius 1 is 0.364 bits per heavy atom. The highest BCUT2D eigenvalue weighted by Gasteiger charge is 2.38. The molecule has 0 unspecified atom stereocenters. The summed E-state index contributed by atoms with van der Waals surface area (Å²) in [5, 5.41) is 5.16. The average molecular weight is 718 g/mol. The Morgan fingerprint density at radius 2 is 0.855 bits per heavy atom. The first kappa shape index (κ1) is 33.5. The van der Waals surface area contributed by atoms with Crippen LogP contribution in [0.25, 0.3) is 33.4 Å². The van der Waals surface area contributed by atoms with Crippen LogP contribution in [0.5, 0.6) is 0 Å². The summed E-state index contributed by atoms with van der Waals surface area (Å²) in [7, 11) is 0. The lowest BCUT2D eigenvalue weighted by Gasteiger charge is -2.27. The Labute approximate surface area is 320 Å². The fourth-order valence-electron chi connectivity index (χ4n) is 9.12. The number of fused-ring (bicyclic) bond motifs is 6. The second-order valence-corrected chi connectivity index (χ2v) is 17.1. The molecule has 10 rings (SSSR count). The molecule has 0 spiro atoms. The first-order chi connectivity index (χ1) is 26.2. The summed E-state index contributed by atoms with van der Waals surface area (Å²) in [5.41, 5.74) is 10.3. The summed E-state index contributed by atoms with van der Waals surface area (Å²) in [6.45, 7) is 17.1. The highest BCUT2D eigenvalue weighted by molar-refractivity contribution is 5.89. The molecular weight excluding hydrogens is 675 g/mol. The topological polar surface area (TPSA) is 77.4 Å². The monoisotopic (exact) mass is 717 g/mol. The molecule has 6 aromatic rings. The predicted octanol–water partition coefficient (Wildman–Crippen LogP) is 7.76. The minimum absolute atomic E-state index is 0.188. The van der Waals surface area contributed by atoms with Crippen LogP contribution < -0.4 is 37.0 Å². The van der Waals surface area contributed by atoms with E-state index >= 15 is 0 Å². The van der Waals surface area contributed by atoms with Crippen LogP contribution in [0.3, 0.4) is 0 Å². The molecule has 6 aromatic carbocycles. The van der Waals surface area contributed by atoms with Gasteiger partial charge in [-0.15, -0.1) is 0 Å². The predicted molar refractivity (Wildman–Crippen MR) is 219 cm³/mol. The van der Waals surface area contributed by atoms with Crippen LogP contribution in [-0.2, 0) is 5.41 Å². The maximum absolute atomic E-state index is 5.40. The smallest absolute Gasteiger partial charge is 0.146 e. The van der Waals surface area contributed by atoms with Gasteiger partial charge >= 0.3 is 0 Å². The largest absolute Gasteiger partial charge is 0.304 e. The molecule has 0 N–H and O–H groups in total. The highest BCUT2D eigenvalue weighted by Crippen LogP contribution is 2.51. The van der Waals surface area contributed by atoms with Gasteiger partial charge in [0.05, 0.1) is 33.1 Å². The normalized spacial score (nSPS) is 17.8. The summed E-state index contributed by atoms with van der Waals surface area (Å²) in [6, 6.07) is 41.0. The van der Waals surface area contributed by atoms with Gasteiger partial charge in [-0.05, 0) is 111 Å². The van der Waals surface area contributed by atoms with Crippen LogP contribution in [0.15, 0.2) is 145 Å². The Kier molecular flexibility index (Phi) is 6.84. The molecule has 7 heteroatoms. The highest BCUT2D eigenvalue weighted by atomic mass is 15.2. The van der Waals surface area contributed by atoms with Crippen molar-refractivity contribution >= 4 is 17.1 Å². The number of benzene rings is 6. The van der Waals surface area contributed by atoms with Crippen molar-refractivity contribution < 1.29 is 0 Å². The van der Waals surface area contributed by atoms with E-state index in [1.807, 2.05) is 26.0 Å². The zero-order valence-electron chi connectivity index (χ0n) is 32.6. The molecule has 0 radical (unpaired) electrons. The molecule has 3 aliphatic heterocycles. The van der Waals surface area contributed by atoms with E-state index in [1.54, 1.807) is 0 Å². The molecular formula is C48H43N7. The van der Waals surface area contributed by atoms with Gasteiger partial charge in [-0.2, -0.15) is 0 Å². The van der Waals surface area contributed by atoms with E-state index in [9.17, 15) is 0 Å². The van der Waals surface area contributed by atoms with Crippen molar-refractivity contribution in [1.29, 1.82) is 0 Å². The number of para-hydroxylation sites is 1. The number of nitrogens with zero attached hydrogens (tertiary/aromatic N) is 7. The van der Waals surface area contributed by atoms with Gasteiger partial charge in [-0.3, -0.25) is 30.0 Å². The van der Waals surface area contributed by atoms with Crippen LogP contribution in [-0.4, -0.2) is 17.0 Å². The fraction of sp³-hybridized carbons (Fsp3) is 0.250. The zero-order valence-corrected chi connectivity index (χ0v) is 32.6. The molecule has 7 nitrogen and oxygen atoms in total. The van der Waals surface area contributed by atoms with E-state index < -0.39 is 17.0 Å². The molecule has 1 aliphatic carbocycles. The van der Waals surface area contributed by atoms with Crippen molar-refractivity contribution in [2.24, 2.45) is 30.0 Å². The standard InChI is InChI=1S/C48H43N7/c1-45(2)34-21-13-12-18-30(34)31-19-14-20-32(39(31)45)33-25-27-38(44-41(33)51-48(7,8)54-44)55(36-23-15-22-35-42(36)52-46(3,4)49-35)37-26-24-29(28-16-10-9-11-17-28)40-43(37)53-47(5,6)50-40/h9-27H,1-8H3. The van der Waals surface area contributed by atoms with Gasteiger partial charge in [-0.25, -0.2) is 0 Å². The Morgan fingerprint density at radius 3 is 1.55 bits per heavy atom. The van der Waals surface area contributed by atoms with Crippen LogP contribution in [0.2, 0.25) is 0 Å². The summed E-state index contributed by atoms with van der Waals surface area (Å²) in [6.07, 6.45) is 0. The van der Waals surface area contributed by atoms with Gasteiger partial charge in [0.1, 0.15) is 33.1 Å². The third-order valence-corrected chi connectivity index (χ3v) is 11.3. The number of rotatable bonds is 5. The summed E-state index contributed by atoms with van der Waals surface area (Å²) >= 11 is 0. The summed E-state index contributed by atoms with van der Waals surface area (Å²) < 4.78 is 0. The molecule has 0 bridgehead atoms. The molecule has 0 amide bonds. The molecule has 0 fully saturated rings.